The Morgan fingerprint density at radius 2 is 1.82 bits per heavy atom. The van der Waals surface area contributed by atoms with E-state index in [1.54, 1.807) is 11.0 Å². The number of sulfone groups is 1. The highest BCUT2D eigenvalue weighted by Gasteiger charge is 2.35. The minimum absolute atomic E-state index is 0.0421. The molecular formula is C24H25FN2O4S2. The van der Waals surface area contributed by atoms with Crippen LogP contribution < -0.4 is 4.74 Å². The summed E-state index contributed by atoms with van der Waals surface area (Å²) in [6.45, 7) is 2.42. The third-order valence-electron chi connectivity index (χ3n) is 6.41. The normalized spacial score (nSPS) is 20.9. The van der Waals surface area contributed by atoms with Crippen LogP contribution in [0.1, 0.15) is 21.7 Å². The van der Waals surface area contributed by atoms with Crippen molar-refractivity contribution in [3.05, 3.63) is 64.8 Å². The van der Waals surface area contributed by atoms with Crippen LogP contribution >= 0.6 is 11.3 Å². The summed E-state index contributed by atoms with van der Waals surface area (Å²) >= 11 is 1.30. The third kappa shape index (κ3) is 4.62. The standard InChI is InChI=1S/C24H25FN2O4S2/c25-20-7-4-8-21-22(20)19(15-31-18-5-2-1-3-6-18)23(32-21)24(28)27-12-10-26(11-13-27)17-9-14-33(29,30)16-17/h1-8,17H,9-16H2. The van der Waals surface area contributed by atoms with Gasteiger partial charge in [0.15, 0.2) is 9.84 Å². The Hall–Kier alpha value is -2.49. The molecule has 2 aliphatic heterocycles. The van der Waals surface area contributed by atoms with E-state index in [9.17, 15) is 17.6 Å². The second kappa shape index (κ2) is 9.04. The Bertz CT molecular complexity index is 1270. The van der Waals surface area contributed by atoms with E-state index in [1.807, 2.05) is 36.4 Å². The molecule has 174 valence electrons. The van der Waals surface area contributed by atoms with Gasteiger partial charge in [-0.1, -0.05) is 24.3 Å². The van der Waals surface area contributed by atoms with Gasteiger partial charge in [0.05, 0.1) is 16.4 Å². The fraction of sp³-hybridized carbons (Fsp3) is 0.375. The van der Waals surface area contributed by atoms with Crippen LogP contribution in [0.4, 0.5) is 4.39 Å². The van der Waals surface area contributed by atoms with Gasteiger partial charge in [-0.15, -0.1) is 11.3 Å². The van der Waals surface area contributed by atoms with E-state index in [2.05, 4.69) is 4.90 Å². The number of carbonyl (C=O) groups is 1. The lowest BCUT2D eigenvalue weighted by Gasteiger charge is -2.37. The lowest BCUT2D eigenvalue weighted by Crippen LogP contribution is -2.52. The molecule has 1 unspecified atom stereocenters. The van der Waals surface area contributed by atoms with Crippen molar-refractivity contribution in [2.45, 2.75) is 19.1 Å². The number of hydrogen-bond acceptors (Lipinski definition) is 6. The average Bonchev–Trinajstić information content (AvgIpc) is 3.38. The molecule has 2 aromatic carbocycles. The summed E-state index contributed by atoms with van der Waals surface area (Å²) in [6.07, 6.45) is 0.660. The molecule has 0 saturated carbocycles. The number of benzene rings is 2. The molecule has 9 heteroatoms. The Balaban J connectivity index is 1.35. The average molecular weight is 489 g/mol. The number of piperazine rings is 1. The number of carbonyl (C=O) groups excluding carboxylic acids is 1. The number of hydrogen-bond donors (Lipinski definition) is 0. The first-order chi connectivity index (χ1) is 15.9. The third-order valence-corrected chi connectivity index (χ3v) is 9.35. The van der Waals surface area contributed by atoms with E-state index in [0.29, 0.717) is 54.2 Å². The molecule has 5 rings (SSSR count). The van der Waals surface area contributed by atoms with Crippen molar-refractivity contribution in [2.24, 2.45) is 0 Å². The fourth-order valence-electron chi connectivity index (χ4n) is 4.65. The van der Waals surface area contributed by atoms with Crippen molar-refractivity contribution in [1.29, 1.82) is 0 Å². The van der Waals surface area contributed by atoms with Gasteiger partial charge < -0.3 is 9.64 Å². The molecule has 2 saturated heterocycles. The van der Waals surface area contributed by atoms with Crippen LogP contribution in [-0.2, 0) is 16.4 Å². The maximum atomic E-state index is 14.7. The van der Waals surface area contributed by atoms with Gasteiger partial charge in [-0.05, 0) is 30.7 Å². The van der Waals surface area contributed by atoms with Crippen molar-refractivity contribution in [3.8, 4) is 5.75 Å². The zero-order valence-electron chi connectivity index (χ0n) is 18.1. The summed E-state index contributed by atoms with van der Waals surface area (Å²) < 4.78 is 45.0. The van der Waals surface area contributed by atoms with Gasteiger partial charge in [0.25, 0.3) is 5.91 Å². The van der Waals surface area contributed by atoms with Gasteiger partial charge in [0, 0.05) is 47.9 Å². The summed E-state index contributed by atoms with van der Waals surface area (Å²) in [7, 11) is -2.94. The Morgan fingerprint density at radius 1 is 1.06 bits per heavy atom. The molecule has 3 aromatic rings. The first-order valence-corrected chi connectivity index (χ1v) is 13.7. The highest BCUT2D eigenvalue weighted by atomic mass is 32.2. The Kier molecular flexibility index (Phi) is 6.11. The quantitative estimate of drug-likeness (QED) is 0.549. The van der Waals surface area contributed by atoms with Crippen molar-refractivity contribution < 1.29 is 22.3 Å². The lowest BCUT2D eigenvalue weighted by molar-refractivity contribution is 0.0590. The van der Waals surface area contributed by atoms with Crippen LogP contribution in [0.5, 0.6) is 5.75 Å². The van der Waals surface area contributed by atoms with Crippen LogP contribution in [0.3, 0.4) is 0 Å². The monoisotopic (exact) mass is 488 g/mol. The van der Waals surface area contributed by atoms with E-state index in [-0.39, 0.29) is 35.9 Å². The molecule has 0 bridgehead atoms. The predicted octanol–water partition coefficient (Wildman–Crippen LogP) is 3.56. The summed E-state index contributed by atoms with van der Waals surface area (Å²) in [5.74, 6) is 0.626. The van der Waals surface area contributed by atoms with Gasteiger partial charge >= 0.3 is 0 Å². The van der Waals surface area contributed by atoms with Gasteiger partial charge in [-0.2, -0.15) is 0 Å². The van der Waals surface area contributed by atoms with Crippen LogP contribution in [0.25, 0.3) is 10.1 Å². The highest BCUT2D eigenvalue weighted by Crippen LogP contribution is 2.35. The maximum Gasteiger partial charge on any atom is 0.264 e. The molecule has 0 N–H and O–H groups in total. The summed E-state index contributed by atoms with van der Waals surface area (Å²) in [6, 6.07) is 14.2. The minimum atomic E-state index is -2.94. The largest absolute Gasteiger partial charge is 0.489 e. The summed E-state index contributed by atoms with van der Waals surface area (Å²) in [4.78, 5) is 18.0. The van der Waals surface area contributed by atoms with E-state index in [4.69, 9.17) is 4.74 Å². The number of ether oxygens (including phenoxy) is 1. The second-order valence-corrected chi connectivity index (χ2v) is 11.8. The van der Waals surface area contributed by atoms with Crippen LogP contribution in [0.15, 0.2) is 48.5 Å². The van der Waals surface area contributed by atoms with Crippen molar-refractivity contribution in [1.82, 2.24) is 9.80 Å². The second-order valence-electron chi connectivity index (χ2n) is 8.51. The fourth-order valence-corrected chi connectivity index (χ4v) is 7.60. The van der Waals surface area contributed by atoms with Crippen molar-refractivity contribution in [2.75, 3.05) is 37.7 Å². The molecule has 2 fully saturated rings. The molecule has 6 nitrogen and oxygen atoms in total. The highest BCUT2D eigenvalue weighted by molar-refractivity contribution is 7.91. The first kappa shape index (κ1) is 22.3. The molecule has 33 heavy (non-hydrogen) atoms. The van der Waals surface area contributed by atoms with E-state index in [1.165, 1.54) is 17.4 Å². The van der Waals surface area contributed by atoms with Gasteiger partial charge in [0.1, 0.15) is 18.2 Å². The van der Waals surface area contributed by atoms with Crippen molar-refractivity contribution in [3.63, 3.8) is 0 Å². The van der Waals surface area contributed by atoms with Crippen molar-refractivity contribution >= 4 is 37.2 Å². The number of amides is 1. The minimum Gasteiger partial charge on any atom is -0.489 e. The van der Waals surface area contributed by atoms with E-state index >= 15 is 0 Å². The predicted molar refractivity (Wildman–Crippen MR) is 127 cm³/mol. The molecule has 1 aromatic heterocycles. The first-order valence-electron chi connectivity index (χ1n) is 11.0. The smallest absolute Gasteiger partial charge is 0.264 e. The van der Waals surface area contributed by atoms with Crippen LogP contribution in [-0.4, -0.2) is 67.9 Å². The van der Waals surface area contributed by atoms with Crippen LogP contribution in [0, 0.1) is 5.82 Å². The number of para-hydroxylation sites is 1. The summed E-state index contributed by atoms with van der Waals surface area (Å²) in [5, 5.41) is 0.441. The van der Waals surface area contributed by atoms with E-state index in [0.717, 1.165) is 4.70 Å². The Morgan fingerprint density at radius 3 is 2.52 bits per heavy atom. The number of fused-ring (bicyclic) bond motifs is 1. The molecule has 1 atom stereocenters. The molecule has 0 aliphatic carbocycles. The zero-order valence-corrected chi connectivity index (χ0v) is 19.7. The van der Waals surface area contributed by atoms with Gasteiger partial charge in [-0.25, -0.2) is 12.8 Å². The molecule has 3 heterocycles. The Labute approximate surface area is 196 Å². The molecular weight excluding hydrogens is 463 g/mol. The van der Waals surface area contributed by atoms with E-state index < -0.39 is 9.84 Å². The number of rotatable bonds is 5. The maximum absolute atomic E-state index is 14.7. The van der Waals surface area contributed by atoms with Gasteiger partial charge in [0.2, 0.25) is 0 Å². The number of thiophene rings is 1. The zero-order chi connectivity index (χ0) is 23.0. The lowest BCUT2D eigenvalue weighted by atomic mass is 10.1. The SMILES string of the molecule is O=C(c1sc2cccc(F)c2c1COc1ccccc1)N1CCN(C2CCS(=O)(=O)C2)CC1. The molecule has 0 spiro atoms. The molecule has 2 aliphatic rings. The number of nitrogens with zero attached hydrogens (tertiary/aromatic N) is 2. The summed E-state index contributed by atoms with van der Waals surface area (Å²) in [5.41, 5.74) is 0.575. The van der Waals surface area contributed by atoms with Crippen LogP contribution in [0.2, 0.25) is 0 Å². The van der Waals surface area contributed by atoms with Gasteiger partial charge in [-0.3, -0.25) is 9.69 Å². The molecule has 0 radical (unpaired) electrons. The molecule has 1 amide bonds. The topological polar surface area (TPSA) is 66.9 Å². The number of halogens is 1.